The first-order chi connectivity index (χ1) is 8.80. The zero-order valence-electron chi connectivity index (χ0n) is 10.9. The van der Waals surface area contributed by atoms with Gasteiger partial charge in [0.05, 0.1) is 10.5 Å². The van der Waals surface area contributed by atoms with Crippen molar-refractivity contribution in [3.63, 3.8) is 0 Å². The summed E-state index contributed by atoms with van der Waals surface area (Å²) in [6, 6.07) is 1.34. The predicted molar refractivity (Wildman–Crippen MR) is 72.8 cm³/mol. The van der Waals surface area contributed by atoms with Gasteiger partial charge < -0.3 is 14.4 Å². The van der Waals surface area contributed by atoms with Crippen LogP contribution in [0.1, 0.15) is 32.6 Å². The average Bonchev–Trinajstić information content (AvgIpc) is 2.69. The molecule has 1 aliphatic heterocycles. The van der Waals surface area contributed by atoms with Crippen LogP contribution in [-0.2, 0) is 5.60 Å². The Kier molecular flexibility index (Phi) is 2.66. The molecular weight excluding hydrogens is 315 g/mol. The van der Waals surface area contributed by atoms with E-state index in [0.29, 0.717) is 28.2 Å². The summed E-state index contributed by atoms with van der Waals surface area (Å²) in [5.74, 6) is 0.613. The number of aromatic nitrogens is 2. The highest BCUT2D eigenvalue weighted by Gasteiger charge is 2.33. The van der Waals surface area contributed by atoms with Crippen molar-refractivity contribution in [3.05, 3.63) is 22.2 Å². The van der Waals surface area contributed by atoms with E-state index in [9.17, 15) is 9.50 Å². The Morgan fingerprint density at radius 2 is 2.26 bits per heavy atom. The molecule has 0 saturated heterocycles. The van der Waals surface area contributed by atoms with E-state index < -0.39 is 11.4 Å². The second-order valence-electron chi connectivity index (χ2n) is 5.39. The van der Waals surface area contributed by atoms with Gasteiger partial charge in [0.15, 0.2) is 11.6 Å². The number of hydrogen-bond donors (Lipinski definition) is 1. The van der Waals surface area contributed by atoms with Crippen LogP contribution in [0, 0.1) is 5.82 Å². The number of imidazole rings is 1. The molecule has 0 spiro atoms. The van der Waals surface area contributed by atoms with Crippen LogP contribution in [0.2, 0.25) is 0 Å². The zero-order chi connectivity index (χ0) is 13.9. The number of aliphatic hydroxyl groups is 1. The molecule has 0 saturated carbocycles. The van der Waals surface area contributed by atoms with E-state index in [-0.39, 0.29) is 11.6 Å². The van der Waals surface area contributed by atoms with Gasteiger partial charge in [-0.1, -0.05) is 0 Å². The lowest BCUT2D eigenvalue weighted by Gasteiger charge is -2.28. The van der Waals surface area contributed by atoms with Crippen molar-refractivity contribution in [1.29, 1.82) is 0 Å². The molecule has 1 aromatic heterocycles. The lowest BCUT2D eigenvalue weighted by atomic mass is 10.1. The normalized spacial score (nSPS) is 18.7. The highest BCUT2D eigenvalue weighted by atomic mass is 79.9. The fraction of sp³-hybridized carbons (Fsp3) is 0.462. The van der Waals surface area contributed by atoms with Crippen molar-refractivity contribution in [2.75, 3.05) is 6.61 Å². The molecule has 0 radical (unpaired) electrons. The lowest BCUT2D eigenvalue weighted by molar-refractivity contribution is 0.0615. The Bertz CT molecular complexity index is 676. The van der Waals surface area contributed by atoms with Crippen molar-refractivity contribution in [1.82, 2.24) is 9.55 Å². The van der Waals surface area contributed by atoms with E-state index in [1.54, 1.807) is 13.8 Å². The number of nitrogens with zero attached hydrogens (tertiary/aromatic N) is 2. The fourth-order valence-electron chi connectivity index (χ4n) is 2.45. The van der Waals surface area contributed by atoms with Crippen LogP contribution in [0.15, 0.2) is 10.5 Å². The van der Waals surface area contributed by atoms with Gasteiger partial charge in [-0.3, -0.25) is 0 Å². The Labute approximate surface area is 118 Å². The number of benzene rings is 1. The Morgan fingerprint density at radius 3 is 2.89 bits per heavy atom. The van der Waals surface area contributed by atoms with Crippen molar-refractivity contribution >= 4 is 27.0 Å². The SMILES string of the molecule is CC1COc2c(Br)cc(F)c3nc(C(C)(C)O)n1c23. The van der Waals surface area contributed by atoms with Crippen LogP contribution in [0.3, 0.4) is 0 Å². The van der Waals surface area contributed by atoms with Crippen LogP contribution in [0.25, 0.3) is 11.0 Å². The van der Waals surface area contributed by atoms with Crippen molar-refractivity contribution in [2.45, 2.75) is 32.4 Å². The first-order valence-electron chi connectivity index (χ1n) is 6.06. The monoisotopic (exact) mass is 328 g/mol. The minimum Gasteiger partial charge on any atom is -0.488 e. The van der Waals surface area contributed by atoms with Gasteiger partial charge in [0.2, 0.25) is 0 Å². The second-order valence-corrected chi connectivity index (χ2v) is 6.25. The maximum atomic E-state index is 14.1. The first kappa shape index (κ1) is 12.9. The maximum absolute atomic E-state index is 14.1. The number of rotatable bonds is 1. The average molecular weight is 329 g/mol. The summed E-state index contributed by atoms with van der Waals surface area (Å²) in [5.41, 5.74) is -0.300. The molecular formula is C13H14BrFN2O2. The fourth-order valence-corrected chi connectivity index (χ4v) is 2.95. The molecule has 0 amide bonds. The Hall–Kier alpha value is -1.14. The van der Waals surface area contributed by atoms with E-state index in [2.05, 4.69) is 20.9 Å². The van der Waals surface area contributed by atoms with E-state index in [0.717, 1.165) is 0 Å². The first-order valence-corrected chi connectivity index (χ1v) is 6.85. The van der Waals surface area contributed by atoms with Gasteiger partial charge >= 0.3 is 0 Å². The molecule has 0 aliphatic carbocycles. The molecule has 2 aromatic rings. The molecule has 0 fully saturated rings. The highest BCUT2D eigenvalue weighted by Crippen LogP contribution is 2.42. The standard InChI is InChI=1S/C13H14BrFN2O2/c1-6-5-19-11-7(14)4-8(15)9-10(11)17(6)12(16-9)13(2,3)18/h4,6,18H,5H2,1-3H3. The molecule has 1 aliphatic rings. The van der Waals surface area contributed by atoms with Crippen LogP contribution < -0.4 is 4.74 Å². The lowest BCUT2D eigenvalue weighted by Crippen LogP contribution is -2.28. The van der Waals surface area contributed by atoms with Gasteiger partial charge in [-0.25, -0.2) is 9.37 Å². The van der Waals surface area contributed by atoms with Crippen LogP contribution in [-0.4, -0.2) is 21.3 Å². The summed E-state index contributed by atoms with van der Waals surface area (Å²) < 4.78 is 22.1. The second kappa shape index (κ2) is 3.93. The molecule has 19 heavy (non-hydrogen) atoms. The van der Waals surface area contributed by atoms with E-state index in [4.69, 9.17) is 4.74 Å². The smallest absolute Gasteiger partial charge is 0.159 e. The van der Waals surface area contributed by atoms with Crippen molar-refractivity contribution in [2.24, 2.45) is 0 Å². The van der Waals surface area contributed by atoms with E-state index in [1.165, 1.54) is 6.07 Å². The van der Waals surface area contributed by atoms with E-state index in [1.807, 2.05) is 11.5 Å². The molecule has 1 unspecified atom stereocenters. The quantitative estimate of drug-likeness (QED) is 0.874. The van der Waals surface area contributed by atoms with Crippen LogP contribution >= 0.6 is 15.9 Å². The summed E-state index contributed by atoms with van der Waals surface area (Å²) in [6.07, 6.45) is 0. The summed E-state index contributed by atoms with van der Waals surface area (Å²) in [7, 11) is 0. The van der Waals surface area contributed by atoms with Crippen molar-refractivity contribution < 1.29 is 14.2 Å². The molecule has 4 nitrogen and oxygen atoms in total. The van der Waals surface area contributed by atoms with Gasteiger partial charge in [-0.2, -0.15) is 0 Å². The number of halogens is 2. The topological polar surface area (TPSA) is 47.3 Å². The summed E-state index contributed by atoms with van der Waals surface area (Å²) >= 11 is 3.31. The highest BCUT2D eigenvalue weighted by molar-refractivity contribution is 9.10. The summed E-state index contributed by atoms with van der Waals surface area (Å²) in [6.45, 7) is 5.71. The van der Waals surface area contributed by atoms with Crippen molar-refractivity contribution in [3.8, 4) is 5.75 Å². The molecule has 1 N–H and O–H groups in total. The number of hydrogen-bond acceptors (Lipinski definition) is 3. The van der Waals surface area contributed by atoms with Gasteiger partial charge in [-0.05, 0) is 42.8 Å². The molecule has 102 valence electrons. The largest absolute Gasteiger partial charge is 0.488 e. The van der Waals surface area contributed by atoms with E-state index >= 15 is 0 Å². The van der Waals surface area contributed by atoms with Gasteiger partial charge in [0.1, 0.15) is 29.1 Å². The van der Waals surface area contributed by atoms with Gasteiger partial charge in [0, 0.05) is 0 Å². The number of ether oxygens (including phenoxy) is 1. The van der Waals surface area contributed by atoms with Crippen LogP contribution in [0.5, 0.6) is 5.75 Å². The Morgan fingerprint density at radius 1 is 1.58 bits per heavy atom. The third-order valence-corrected chi connectivity index (χ3v) is 3.87. The predicted octanol–water partition coefficient (Wildman–Crippen LogP) is 3.12. The molecule has 1 aromatic carbocycles. The molecule has 1 atom stereocenters. The molecule has 0 bridgehead atoms. The minimum atomic E-state index is -1.14. The van der Waals surface area contributed by atoms with Crippen LogP contribution in [0.4, 0.5) is 4.39 Å². The molecule has 3 rings (SSSR count). The zero-order valence-corrected chi connectivity index (χ0v) is 12.5. The summed E-state index contributed by atoms with van der Waals surface area (Å²) in [4.78, 5) is 4.28. The maximum Gasteiger partial charge on any atom is 0.159 e. The molecule has 6 heteroatoms. The van der Waals surface area contributed by atoms with Gasteiger partial charge in [0.25, 0.3) is 0 Å². The summed E-state index contributed by atoms with van der Waals surface area (Å²) in [5, 5.41) is 10.2. The Balaban J connectivity index is 2.48. The third-order valence-electron chi connectivity index (χ3n) is 3.28. The third kappa shape index (κ3) is 1.77. The molecule has 2 heterocycles. The minimum absolute atomic E-state index is 0.00683. The van der Waals surface area contributed by atoms with Gasteiger partial charge in [-0.15, -0.1) is 0 Å².